The lowest BCUT2D eigenvalue weighted by Crippen LogP contribution is -2.30. The van der Waals surface area contributed by atoms with E-state index in [1.807, 2.05) is 6.07 Å². The normalized spacial score (nSPS) is 10.9. The van der Waals surface area contributed by atoms with E-state index >= 15 is 0 Å². The van der Waals surface area contributed by atoms with Crippen molar-refractivity contribution in [2.24, 2.45) is 0 Å². The van der Waals surface area contributed by atoms with Crippen molar-refractivity contribution in [1.82, 2.24) is 15.1 Å². The first-order chi connectivity index (χ1) is 8.71. The summed E-state index contributed by atoms with van der Waals surface area (Å²) in [6, 6.07) is 3.72. The lowest BCUT2D eigenvalue weighted by molar-refractivity contribution is 0.300. The zero-order valence-electron chi connectivity index (χ0n) is 11.6. The van der Waals surface area contributed by atoms with Gasteiger partial charge < -0.3 is 9.80 Å². The van der Waals surface area contributed by atoms with Crippen LogP contribution >= 0.6 is 11.6 Å². The minimum atomic E-state index is 0.443. The Hall–Kier alpha value is -0.870. The van der Waals surface area contributed by atoms with Gasteiger partial charge in [-0.15, -0.1) is 10.2 Å². The summed E-state index contributed by atoms with van der Waals surface area (Å²) >= 11 is 5.74. The quantitative estimate of drug-likeness (QED) is 0.727. The van der Waals surface area contributed by atoms with Gasteiger partial charge in [0.25, 0.3) is 0 Å². The first kappa shape index (κ1) is 15.2. The zero-order valence-corrected chi connectivity index (χ0v) is 12.3. The molecule has 102 valence electrons. The van der Waals surface area contributed by atoms with E-state index in [2.05, 4.69) is 40.8 Å². The molecule has 0 atom stereocenters. The van der Waals surface area contributed by atoms with Crippen molar-refractivity contribution >= 4 is 17.4 Å². The summed E-state index contributed by atoms with van der Waals surface area (Å²) in [7, 11) is 0. The van der Waals surface area contributed by atoms with Crippen molar-refractivity contribution in [2.75, 3.05) is 37.6 Å². The molecule has 0 unspecified atom stereocenters. The molecule has 1 rings (SSSR count). The number of halogens is 1. The molecule has 0 amide bonds. The van der Waals surface area contributed by atoms with Crippen molar-refractivity contribution in [3.05, 3.63) is 17.3 Å². The third-order valence-corrected chi connectivity index (χ3v) is 3.32. The van der Waals surface area contributed by atoms with Gasteiger partial charge >= 0.3 is 0 Å². The maximum Gasteiger partial charge on any atom is 0.151 e. The van der Waals surface area contributed by atoms with Gasteiger partial charge in [-0.2, -0.15) is 0 Å². The van der Waals surface area contributed by atoms with Crippen molar-refractivity contribution in [2.45, 2.75) is 27.2 Å². The third-order valence-electron chi connectivity index (χ3n) is 3.12. The Morgan fingerprint density at radius 3 is 2.22 bits per heavy atom. The average Bonchev–Trinajstić information content (AvgIpc) is 2.41. The molecule has 1 heterocycles. The maximum absolute atomic E-state index is 5.74. The number of hydrogen-bond acceptors (Lipinski definition) is 4. The fourth-order valence-electron chi connectivity index (χ4n) is 1.94. The minimum absolute atomic E-state index is 0.443. The van der Waals surface area contributed by atoms with Crippen molar-refractivity contribution in [3.63, 3.8) is 0 Å². The molecular weight excluding hydrogens is 248 g/mol. The molecule has 4 nitrogen and oxygen atoms in total. The van der Waals surface area contributed by atoms with Crippen molar-refractivity contribution < 1.29 is 0 Å². The minimum Gasteiger partial charge on any atom is -0.355 e. The highest BCUT2D eigenvalue weighted by atomic mass is 35.5. The zero-order chi connectivity index (χ0) is 13.4. The Labute approximate surface area is 115 Å². The lowest BCUT2D eigenvalue weighted by Gasteiger charge is -2.23. The van der Waals surface area contributed by atoms with E-state index < -0.39 is 0 Å². The van der Waals surface area contributed by atoms with Gasteiger partial charge in [0.2, 0.25) is 0 Å². The molecule has 0 saturated carbocycles. The molecule has 0 aliphatic rings. The molecule has 0 aromatic carbocycles. The molecule has 0 spiro atoms. The van der Waals surface area contributed by atoms with E-state index in [0.29, 0.717) is 5.15 Å². The monoisotopic (exact) mass is 270 g/mol. The summed E-state index contributed by atoms with van der Waals surface area (Å²) in [6.07, 6.45) is 1.14. The summed E-state index contributed by atoms with van der Waals surface area (Å²) in [5, 5.41) is 8.45. The lowest BCUT2D eigenvalue weighted by atomic mass is 10.3. The highest BCUT2D eigenvalue weighted by Gasteiger charge is 2.07. The number of nitrogens with zero attached hydrogens (tertiary/aromatic N) is 4. The van der Waals surface area contributed by atoms with Crippen LogP contribution in [0.5, 0.6) is 0 Å². The molecule has 0 bridgehead atoms. The SMILES string of the molecule is CCN(CC)CCCN(CC)c1ccc(Cl)nn1. The van der Waals surface area contributed by atoms with Gasteiger partial charge in [0.1, 0.15) is 0 Å². The summed E-state index contributed by atoms with van der Waals surface area (Å²) in [5.74, 6) is 0.904. The van der Waals surface area contributed by atoms with Gasteiger partial charge in [0.15, 0.2) is 11.0 Å². The van der Waals surface area contributed by atoms with E-state index in [1.165, 1.54) is 0 Å². The van der Waals surface area contributed by atoms with Crippen LogP contribution in [-0.2, 0) is 0 Å². The van der Waals surface area contributed by atoms with Gasteiger partial charge in [-0.25, -0.2) is 0 Å². The van der Waals surface area contributed by atoms with E-state index in [0.717, 1.165) is 45.0 Å². The van der Waals surface area contributed by atoms with Crippen LogP contribution in [0.2, 0.25) is 5.15 Å². The standard InChI is InChI=1S/C13H23ClN4/c1-4-17(5-2)10-7-11-18(6-3)13-9-8-12(14)15-16-13/h8-9H,4-7,10-11H2,1-3H3. The van der Waals surface area contributed by atoms with Crippen LogP contribution in [0.1, 0.15) is 27.2 Å². The average molecular weight is 271 g/mol. The molecule has 1 aromatic heterocycles. The second-order valence-corrected chi connectivity index (χ2v) is 4.56. The van der Waals surface area contributed by atoms with Crippen LogP contribution in [0.25, 0.3) is 0 Å². The van der Waals surface area contributed by atoms with E-state index in [1.54, 1.807) is 6.07 Å². The van der Waals surface area contributed by atoms with Crippen LogP contribution in [0.4, 0.5) is 5.82 Å². The third kappa shape index (κ3) is 4.78. The number of anilines is 1. The Kier molecular flexibility index (Phi) is 6.98. The fourth-order valence-corrected chi connectivity index (χ4v) is 2.04. The molecule has 5 heteroatoms. The molecule has 0 aliphatic heterocycles. The Morgan fingerprint density at radius 2 is 1.72 bits per heavy atom. The molecule has 18 heavy (non-hydrogen) atoms. The molecule has 0 radical (unpaired) electrons. The highest BCUT2D eigenvalue weighted by Crippen LogP contribution is 2.12. The van der Waals surface area contributed by atoms with Crippen LogP contribution in [0.3, 0.4) is 0 Å². The summed E-state index contributed by atoms with van der Waals surface area (Å²) in [5.41, 5.74) is 0. The smallest absolute Gasteiger partial charge is 0.151 e. The molecule has 0 fully saturated rings. The number of aromatic nitrogens is 2. The molecule has 1 aromatic rings. The van der Waals surface area contributed by atoms with Gasteiger partial charge in [0, 0.05) is 13.1 Å². The Morgan fingerprint density at radius 1 is 1.00 bits per heavy atom. The summed E-state index contributed by atoms with van der Waals surface area (Å²) in [4.78, 5) is 4.66. The fraction of sp³-hybridized carbons (Fsp3) is 0.692. The van der Waals surface area contributed by atoms with E-state index in [-0.39, 0.29) is 0 Å². The van der Waals surface area contributed by atoms with Gasteiger partial charge in [0.05, 0.1) is 0 Å². The predicted octanol–water partition coefficient (Wildman–Crippen LogP) is 2.69. The van der Waals surface area contributed by atoms with Crippen LogP contribution in [0, 0.1) is 0 Å². The van der Waals surface area contributed by atoms with Gasteiger partial charge in [-0.05, 0) is 45.1 Å². The van der Waals surface area contributed by atoms with Crippen molar-refractivity contribution in [1.29, 1.82) is 0 Å². The molecule has 0 saturated heterocycles. The number of rotatable bonds is 8. The second kappa shape index (κ2) is 8.27. The first-order valence-electron chi connectivity index (χ1n) is 6.67. The van der Waals surface area contributed by atoms with Gasteiger partial charge in [-0.3, -0.25) is 0 Å². The topological polar surface area (TPSA) is 32.3 Å². The van der Waals surface area contributed by atoms with E-state index in [9.17, 15) is 0 Å². The summed E-state index contributed by atoms with van der Waals surface area (Å²) < 4.78 is 0. The van der Waals surface area contributed by atoms with E-state index in [4.69, 9.17) is 11.6 Å². The second-order valence-electron chi connectivity index (χ2n) is 4.17. The molecule has 0 aliphatic carbocycles. The Bertz CT molecular complexity index is 324. The number of hydrogen-bond donors (Lipinski definition) is 0. The van der Waals surface area contributed by atoms with Crippen LogP contribution in [-0.4, -0.2) is 47.8 Å². The summed E-state index contributed by atoms with van der Waals surface area (Å²) in [6.45, 7) is 11.8. The predicted molar refractivity (Wildman–Crippen MR) is 77.3 cm³/mol. The Balaban J connectivity index is 2.44. The van der Waals surface area contributed by atoms with Gasteiger partial charge in [-0.1, -0.05) is 25.4 Å². The maximum atomic E-state index is 5.74. The van der Waals surface area contributed by atoms with Crippen LogP contribution in [0.15, 0.2) is 12.1 Å². The van der Waals surface area contributed by atoms with Crippen molar-refractivity contribution in [3.8, 4) is 0 Å². The van der Waals surface area contributed by atoms with Crippen LogP contribution < -0.4 is 4.90 Å². The largest absolute Gasteiger partial charge is 0.355 e. The molecular formula is C13H23ClN4. The first-order valence-corrected chi connectivity index (χ1v) is 7.05. The highest BCUT2D eigenvalue weighted by molar-refractivity contribution is 6.29. The molecule has 0 N–H and O–H groups in total.